The van der Waals surface area contributed by atoms with Gasteiger partial charge in [-0.15, -0.1) is 0 Å². The molecule has 142 valence electrons. The molecular weight excluding hydrogens is 381 g/mol. The molecule has 0 aliphatic heterocycles. The van der Waals surface area contributed by atoms with Crippen LogP contribution < -0.4 is 10.1 Å². The van der Waals surface area contributed by atoms with Gasteiger partial charge in [0.15, 0.2) is 16.6 Å². The van der Waals surface area contributed by atoms with Gasteiger partial charge < -0.3 is 9.26 Å². The zero-order chi connectivity index (χ0) is 19.7. The molecule has 2 aromatic carbocycles. The third-order valence-corrected chi connectivity index (χ3v) is 5.02. The molecule has 8 heteroatoms. The lowest BCUT2D eigenvalue weighted by atomic mass is 10.1. The Labute approximate surface area is 164 Å². The first kappa shape index (κ1) is 18.1. The minimum atomic E-state index is -0.452. The van der Waals surface area contributed by atoms with Crippen LogP contribution in [0.5, 0.6) is 5.75 Å². The molecule has 0 saturated carbocycles. The van der Waals surface area contributed by atoms with Gasteiger partial charge in [-0.1, -0.05) is 28.6 Å². The predicted octanol–water partition coefficient (Wildman–Crippen LogP) is 5.05. The van der Waals surface area contributed by atoms with Crippen LogP contribution in [0, 0.1) is 12.7 Å². The van der Waals surface area contributed by atoms with Gasteiger partial charge in [-0.05, 0) is 43.7 Å². The van der Waals surface area contributed by atoms with Crippen LogP contribution in [0.2, 0.25) is 0 Å². The molecule has 0 atom stereocenters. The number of benzene rings is 2. The summed E-state index contributed by atoms with van der Waals surface area (Å²) in [5.74, 6) is 0.269. The molecule has 1 N–H and O–H groups in total. The topological polar surface area (TPSA) is 77.2 Å². The van der Waals surface area contributed by atoms with Crippen molar-refractivity contribution in [3.05, 3.63) is 59.5 Å². The molecule has 0 aliphatic rings. The summed E-state index contributed by atoms with van der Waals surface area (Å²) in [6.45, 7) is 4.17. The quantitative estimate of drug-likeness (QED) is 0.510. The number of fused-ring (bicyclic) bond motifs is 1. The molecule has 0 unspecified atom stereocenters. The van der Waals surface area contributed by atoms with Crippen molar-refractivity contribution in [2.45, 2.75) is 13.8 Å². The maximum Gasteiger partial charge on any atom is 0.279 e. The highest BCUT2D eigenvalue weighted by Gasteiger charge is 2.16. The summed E-state index contributed by atoms with van der Waals surface area (Å²) in [6.07, 6.45) is 0. The highest BCUT2D eigenvalue weighted by atomic mass is 32.1. The molecule has 6 nitrogen and oxygen atoms in total. The molecule has 2 heterocycles. The second kappa shape index (κ2) is 7.40. The van der Waals surface area contributed by atoms with Crippen LogP contribution in [0.25, 0.3) is 21.5 Å². The average Bonchev–Trinajstić information content (AvgIpc) is 3.30. The van der Waals surface area contributed by atoms with E-state index in [-0.39, 0.29) is 11.5 Å². The number of amides is 1. The number of rotatable bonds is 5. The molecule has 0 aliphatic carbocycles. The van der Waals surface area contributed by atoms with Crippen LogP contribution in [-0.4, -0.2) is 22.7 Å². The van der Waals surface area contributed by atoms with Crippen LogP contribution in [0.15, 0.2) is 47.0 Å². The van der Waals surface area contributed by atoms with Crippen LogP contribution in [0.1, 0.15) is 23.0 Å². The highest BCUT2D eigenvalue weighted by molar-refractivity contribution is 7.22. The monoisotopic (exact) mass is 397 g/mol. The van der Waals surface area contributed by atoms with E-state index in [0.717, 1.165) is 16.0 Å². The van der Waals surface area contributed by atoms with Crippen LogP contribution in [0.3, 0.4) is 0 Å². The fraction of sp³-hybridized carbons (Fsp3) is 0.150. The molecule has 0 bridgehead atoms. The number of thiazole rings is 1. The van der Waals surface area contributed by atoms with Gasteiger partial charge in [0.2, 0.25) is 0 Å². The Kier molecular flexibility index (Phi) is 4.79. The Morgan fingerprint density at radius 2 is 2.11 bits per heavy atom. The number of aryl methyl sites for hydroxylation is 1. The molecule has 2 aromatic heterocycles. The molecule has 0 spiro atoms. The summed E-state index contributed by atoms with van der Waals surface area (Å²) in [4.78, 5) is 16.8. The van der Waals surface area contributed by atoms with Gasteiger partial charge >= 0.3 is 0 Å². The summed E-state index contributed by atoms with van der Waals surface area (Å²) in [5.41, 5.74) is 1.90. The third-order valence-electron chi connectivity index (χ3n) is 4.09. The first-order chi connectivity index (χ1) is 13.5. The van der Waals surface area contributed by atoms with Gasteiger partial charge in [0.1, 0.15) is 11.6 Å². The van der Waals surface area contributed by atoms with E-state index in [2.05, 4.69) is 15.5 Å². The van der Waals surface area contributed by atoms with E-state index in [1.165, 1.54) is 23.5 Å². The highest BCUT2D eigenvalue weighted by Crippen LogP contribution is 2.30. The third kappa shape index (κ3) is 3.59. The summed E-state index contributed by atoms with van der Waals surface area (Å²) < 4.78 is 25.3. The van der Waals surface area contributed by atoms with Crippen molar-refractivity contribution >= 4 is 32.6 Å². The normalized spacial score (nSPS) is 11.0. The maximum atomic E-state index is 13.7. The minimum Gasteiger partial charge on any atom is -0.494 e. The Bertz CT molecular complexity index is 1170. The summed E-state index contributed by atoms with van der Waals surface area (Å²) in [5, 5.41) is 6.94. The predicted molar refractivity (Wildman–Crippen MR) is 105 cm³/mol. The zero-order valence-corrected chi connectivity index (χ0v) is 16.0. The summed E-state index contributed by atoms with van der Waals surface area (Å²) in [7, 11) is 0. The second-order valence-electron chi connectivity index (χ2n) is 6.08. The number of nitrogens with zero attached hydrogens (tertiary/aromatic N) is 2. The Morgan fingerprint density at radius 1 is 1.25 bits per heavy atom. The molecule has 4 rings (SSSR count). The van der Waals surface area contributed by atoms with Crippen molar-refractivity contribution in [1.29, 1.82) is 0 Å². The van der Waals surface area contributed by atoms with Crippen LogP contribution in [-0.2, 0) is 0 Å². The van der Waals surface area contributed by atoms with Crippen molar-refractivity contribution in [3.63, 3.8) is 0 Å². The van der Waals surface area contributed by atoms with E-state index >= 15 is 0 Å². The van der Waals surface area contributed by atoms with E-state index in [1.54, 1.807) is 19.1 Å². The number of anilines is 1. The zero-order valence-electron chi connectivity index (χ0n) is 15.2. The van der Waals surface area contributed by atoms with E-state index in [4.69, 9.17) is 9.26 Å². The van der Waals surface area contributed by atoms with Crippen molar-refractivity contribution < 1.29 is 18.4 Å². The van der Waals surface area contributed by atoms with Crippen LogP contribution >= 0.6 is 11.3 Å². The molecule has 28 heavy (non-hydrogen) atoms. The van der Waals surface area contributed by atoms with Crippen LogP contribution in [0.4, 0.5) is 9.52 Å². The molecular formula is C20H16FN3O3S. The summed E-state index contributed by atoms with van der Waals surface area (Å²) >= 11 is 1.34. The maximum absolute atomic E-state index is 13.7. The van der Waals surface area contributed by atoms with Gasteiger partial charge in [0.05, 0.1) is 16.8 Å². The van der Waals surface area contributed by atoms with E-state index in [1.807, 2.05) is 25.1 Å². The Balaban J connectivity index is 1.53. The number of carbonyl (C=O) groups is 1. The van der Waals surface area contributed by atoms with Gasteiger partial charge in [-0.3, -0.25) is 10.1 Å². The van der Waals surface area contributed by atoms with Crippen molar-refractivity contribution in [2.24, 2.45) is 0 Å². The largest absolute Gasteiger partial charge is 0.494 e. The number of halogens is 1. The first-order valence-electron chi connectivity index (χ1n) is 8.61. The average molecular weight is 397 g/mol. The fourth-order valence-electron chi connectivity index (χ4n) is 2.64. The number of hydrogen-bond donors (Lipinski definition) is 1. The van der Waals surface area contributed by atoms with Gasteiger partial charge in [-0.2, -0.15) is 0 Å². The first-order valence-corrected chi connectivity index (χ1v) is 9.43. The van der Waals surface area contributed by atoms with Gasteiger partial charge in [0, 0.05) is 11.6 Å². The molecule has 1 amide bonds. The lowest BCUT2D eigenvalue weighted by Crippen LogP contribution is -2.11. The smallest absolute Gasteiger partial charge is 0.279 e. The second-order valence-corrected chi connectivity index (χ2v) is 7.11. The number of ether oxygens (including phenoxy) is 1. The van der Waals surface area contributed by atoms with Gasteiger partial charge in [-0.25, -0.2) is 9.37 Å². The molecule has 0 radical (unpaired) electrons. The number of carbonyl (C=O) groups excluding carboxylic acids is 1. The molecule has 0 saturated heterocycles. The SMILES string of the molecule is CCOc1ccc2nc(NC(=O)c3cc(-c4ccc(C)c(F)c4)on3)sc2c1. The number of hydrogen-bond acceptors (Lipinski definition) is 6. The summed E-state index contributed by atoms with van der Waals surface area (Å²) in [6, 6.07) is 11.7. The van der Waals surface area contributed by atoms with Crippen molar-refractivity contribution in [3.8, 4) is 17.1 Å². The fourth-order valence-corrected chi connectivity index (χ4v) is 3.53. The Hall–Kier alpha value is -3.26. The molecule has 0 fully saturated rings. The van der Waals surface area contributed by atoms with Crippen molar-refractivity contribution in [1.82, 2.24) is 10.1 Å². The van der Waals surface area contributed by atoms with Crippen molar-refractivity contribution in [2.75, 3.05) is 11.9 Å². The minimum absolute atomic E-state index is 0.0882. The lowest BCUT2D eigenvalue weighted by Gasteiger charge is -2.00. The van der Waals surface area contributed by atoms with E-state index < -0.39 is 5.91 Å². The number of nitrogens with one attached hydrogen (secondary N) is 1. The molecule has 4 aromatic rings. The van der Waals surface area contributed by atoms with E-state index in [0.29, 0.717) is 28.6 Å². The standard InChI is InChI=1S/C20H16FN3O3S/c1-3-26-13-6-7-15-18(9-13)28-20(22-15)23-19(25)16-10-17(27-24-16)12-5-4-11(2)14(21)8-12/h4-10H,3H2,1-2H3,(H,22,23,25). The lowest BCUT2D eigenvalue weighted by molar-refractivity contribution is 0.101. The number of aromatic nitrogens is 2. The van der Waals surface area contributed by atoms with Gasteiger partial charge in [0.25, 0.3) is 5.91 Å². The van der Waals surface area contributed by atoms with E-state index in [9.17, 15) is 9.18 Å². The Morgan fingerprint density at radius 3 is 2.89 bits per heavy atom.